The summed E-state index contributed by atoms with van der Waals surface area (Å²) in [6.45, 7) is 25.6. The topological polar surface area (TPSA) is 0 Å². The zero-order valence-electron chi connectivity index (χ0n) is 12.5. The van der Waals surface area contributed by atoms with E-state index >= 15 is 0 Å². The molecule has 94 valence electrons. The van der Waals surface area contributed by atoms with E-state index in [4.69, 9.17) is 0 Å². The van der Waals surface area contributed by atoms with Crippen molar-refractivity contribution in [3.63, 3.8) is 0 Å². The molecule has 0 nitrogen and oxygen atoms in total. The molecule has 15 heavy (non-hydrogen) atoms. The van der Waals surface area contributed by atoms with Crippen LogP contribution in [0.25, 0.3) is 0 Å². The Hall–Kier alpha value is -0.780. The lowest BCUT2D eigenvalue weighted by molar-refractivity contribution is 1.09. The van der Waals surface area contributed by atoms with E-state index in [1.54, 1.807) is 6.08 Å². The Bertz CT molecular complexity index is 88.2. The first kappa shape index (κ1) is 29.2. The molecule has 0 aliphatic rings. The number of rotatable bonds is 1. The predicted molar refractivity (Wildman–Crippen MR) is 79.5 cm³/mol. The van der Waals surface area contributed by atoms with E-state index in [2.05, 4.69) is 46.6 Å². The van der Waals surface area contributed by atoms with Crippen LogP contribution in [0.15, 0.2) is 37.5 Å². The Kier molecular flexibility index (Phi) is 141. The van der Waals surface area contributed by atoms with Crippen molar-refractivity contribution in [3.8, 4) is 0 Å². The van der Waals surface area contributed by atoms with Crippen molar-refractivity contribution >= 4 is 0 Å². The first-order valence-corrected chi connectivity index (χ1v) is 5.91. The maximum atomic E-state index is 3.36. The maximum Gasteiger partial charge on any atom is -0.0352 e. The molecule has 0 fully saturated rings. The zero-order chi connectivity index (χ0) is 13.7. The standard InChI is InChI=1S/C6H12.C3H6.2C2H6.C2H4/c1-4-6(3)5-2;1-3-2;3*1-2/h4H,5H2,1-3H3;3H,1H2,2H3;2*1-2H3;1-2H2/b6-4+;;;;. The molecule has 0 amide bonds. The molecule has 0 saturated carbocycles. The minimum absolute atomic E-state index is 1.19. The highest BCUT2D eigenvalue weighted by molar-refractivity contribution is 4.93. The summed E-state index contributed by atoms with van der Waals surface area (Å²) >= 11 is 0. The SMILES string of the molecule is C/C=C(\C)CC.C=C.C=CC.CC.CC. The lowest BCUT2D eigenvalue weighted by Gasteiger charge is -1.85. The summed E-state index contributed by atoms with van der Waals surface area (Å²) in [5, 5.41) is 0. The highest BCUT2D eigenvalue weighted by atomic mass is 13.8. The summed E-state index contributed by atoms with van der Waals surface area (Å²) in [6.07, 6.45) is 5.08. The van der Waals surface area contributed by atoms with Gasteiger partial charge in [0, 0.05) is 0 Å². The summed E-state index contributed by atoms with van der Waals surface area (Å²) in [4.78, 5) is 0. The quantitative estimate of drug-likeness (QED) is 0.442. The predicted octanol–water partition coefficient (Wildman–Crippen LogP) is 6.41. The zero-order valence-corrected chi connectivity index (χ0v) is 12.5. The van der Waals surface area contributed by atoms with Gasteiger partial charge >= 0.3 is 0 Å². The molecule has 0 radical (unpaired) electrons. The van der Waals surface area contributed by atoms with Gasteiger partial charge in [0.2, 0.25) is 0 Å². The van der Waals surface area contributed by atoms with Gasteiger partial charge in [-0.25, -0.2) is 0 Å². The number of hydrogen-bond donors (Lipinski definition) is 0. The first-order chi connectivity index (χ1) is 7.22. The van der Waals surface area contributed by atoms with Crippen LogP contribution in [0.3, 0.4) is 0 Å². The van der Waals surface area contributed by atoms with E-state index in [-0.39, 0.29) is 0 Å². The molecule has 0 aliphatic heterocycles. The summed E-state index contributed by atoms with van der Waals surface area (Å²) in [7, 11) is 0. The second-order valence-corrected chi connectivity index (χ2v) is 1.90. The third-order valence-corrected chi connectivity index (χ3v) is 1.05. The lowest BCUT2D eigenvalue weighted by Crippen LogP contribution is -1.63. The Balaban J connectivity index is -0.0000000318. The van der Waals surface area contributed by atoms with Gasteiger partial charge in [-0.2, -0.15) is 0 Å². The van der Waals surface area contributed by atoms with Crippen LogP contribution < -0.4 is 0 Å². The summed E-state index contributed by atoms with van der Waals surface area (Å²) < 4.78 is 0. The molecular weight excluding hydrogens is 180 g/mol. The largest absolute Gasteiger partial charge is 0.106 e. The molecule has 0 aliphatic carbocycles. The molecule has 0 heterocycles. The van der Waals surface area contributed by atoms with Crippen LogP contribution >= 0.6 is 0 Å². The van der Waals surface area contributed by atoms with Crippen LogP contribution in [0.5, 0.6) is 0 Å². The molecule has 0 N–H and O–H groups in total. The molecule has 0 spiro atoms. The maximum absolute atomic E-state index is 3.36. The Labute approximate surface area is 99.8 Å². The minimum atomic E-state index is 1.19. The van der Waals surface area contributed by atoms with Crippen molar-refractivity contribution in [1.29, 1.82) is 0 Å². The van der Waals surface area contributed by atoms with Crippen molar-refractivity contribution < 1.29 is 0 Å². The molecular formula is C15H34. The average Bonchev–Trinajstić information content (AvgIpc) is 2.36. The van der Waals surface area contributed by atoms with Crippen molar-refractivity contribution in [2.45, 2.75) is 61.8 Å². The Morgan fingerprint density at radius 1 is 1.00 bits per heavy atom. The minimum Gasteiger partial charge on any atom is -0.106 e. The number of hydrogen-bond acceptors (Lipinski definition) is 0. The second kappa shape index (κ2) is 72.4. The van der Waals surface area contributed by atoms with E-state index in [0.717, 1.165) is 0 Å². The van der Waals surface area contributed by atoms with E-state index in [1.165, 1.54) is 12.0 Å². The summed E-state index contributed by atoms with van der Waals surface area (Å²) in [5.74, 6) is 0. The Morgan fingerprint density at radius 2 is 1.20 bits per heavy atom. The second-order valence-electron chi connectivity index (χ2n) is 1.90. The smallest absolute Gasteiger partial charge is 0.0352 e. The molecule has 0 unspecified atom stereocenters. The molecule has 0 atom stereocenters. The fraction of sp³-hybridized carbons (Fsp3) is 0.600. The fourth-order valence-corrected chi connectivity index (χ4v) is 0.204. The molecule has 0 saturated heterocycles. The molecule has 0 rings (SSSR count). The van der Waals surface area contributed by atoms with Gasteiger partial charge in [0.05, 0.1) is 0 Å². The van der Waals surface area contributed by atoms with Gasteiger partial charge in [-0.3, -0.25) is 0 Å². The van der Waals surface area contributed by atoms with E-state index < -0.39 is 0 Å². The van der Waals surface area contributed by atoms with Crippen LogP contribution in [0.1, 0.15) is 61.8 Å². The van der Waals surface area contributed by atoms with Gasteiger partial charge in [-0.05, 0) is 27.2 Å². The van der Waals surface area contributed by atoms with Crippen LogP contribution in [0.4, 0.5) is 0 Å². The normalized spacial score (nSPS) is 6.80. The highest BCUT2D eigenvalue weighted by Crippen LogP contribution is 1.94. The van der Waals surface area contributed by atoms with Gasteiger partial charge < -0.3 is 0 Å². The van der Waals surface area contributed by atoms with Crippen molar-refractivity contribution in [2.24, 2.45) is 0 Å². The molecule has 0 aromatic rings. The van der Waals surface area contributed by atoms with Crippen LogP contribution in [-0.2, 0) is 0 Å². The van der Waals surface area contributed by atoms with Crippen molar-refractivity contribution in [1.82, 2.24) is 0 Å². The van der Waals surface area contributed by atoms with Crippen LogP contribution in [-0.4, -0.2) is 0 Å². The van der Waals surface area contributed by atoms with Gasteiger partial charge in [-0.1, -0.05) is 52.3 Å². The van der Waals surface area contributed by atoms with E-state index in [1.807, 2.05) is 34.6 Å². The lowest BCUT2D eigenvalue weighted by atomic mass is 10.2. The first-order valence-electron chi connectivity index (χ1n) is 5.91. The monoisotopic (exact) mass is 214 g/mol. The molecule has 0 heteroatoms. The summed E-state index contributed by atoms with van der Waals surface area (Å²) in [6, 6.07) is 0. The third kappa shape index (κ3) is 161. The van der Waals surface area contributed by atoms with Crippen molar-refractivity contribution in [2.75, 3.05) is 0 Å². The van der Waals surface area contributed by atoms with Gasteiger partial charge in [0.25, 0.3) is 0 Å². The third-order valence-electron chi connectivity index (χ3n) is 1.05. The fourth-order valence-electron chi connectivity index (χ4n) is 0.204. The highest BCUT2D eigenvalue weighted by Gasteiger charge is 1.73. The van der Waals surface area contributed by atoms with E-state index in [9.17, 15) is 0 Å². The molecule has 0 aromatic heterocycles. The Morgan fingerprint density at radius 3 is 1.20 bits per heavy atom. The molecule has 0 bridgehead atoms. The summed E-state index contributed by atoms with van der Waals surface area (Å²) in [5.41, 5.74) is 1.47. The number of allylic oxidation sites excluding steroid dienone is 3. The van der Waals surface area contributed by atoms with Crippen LogP contribution in [0.2, 0.25) is 0 Å². The van der Waals surface area contributed by atoms with Gasteiger partial charge in [0.1, 0.15) is 0 Å². The van der Waals surface area contributed by atoms with Gasteiger partial charge in [-0.15, -0.1) is 19.7 Å². The van der Waals surface area contributed by atoms with Crippen LogP contribution in [0, 0.1) is 0 Å². The molecule has 0 aromatic carbocycles. The van der Waals surface area contributed by atoms with Gasteiger partial charge in [0.15, 0.2) is 0 Å². The van der Waals surface area contributed by atoms with Crippen molar-refractivity contribution in [3.05, 3.63) is 37.5 Å². The van der Waals surface area contributed by atoms with E-state index in [0.29, 0.717) is 0 Å². The average molecular weight is 214 g/mol.